The first kappa shape index (κ1) is 17.8. The van der Waals surface area contributed by atoms with Crippen molar-refractivity contribution in [1.82, 2.24) is 4.72 Å². The van der Waals surface area contributed by atoms with Crippen LogP contribution < -0.4 is 10.5 Å². The summed E-state index contributed by atoms with van der Waals surface area (Å²) in [5.41, 5.74) is 5.17. The van der Waals surface area contributed by atoms with Crippen molar-refractivity contribution in [2.75, 3.05) is 25.5 Å². The Balaban J connectivity index is 2.59. The zero-order valence-electron chi connectivity index (χ0n) is 12.0. The molecule has 0 saturated carbocycles. The summed E-state index contributed by atoms with van der Waals surface area (Å²) in [6.45, 7) is 5.03. The van der Waals surface area contributed by atoms with Crippen molar-refractivity contribution in [3.63, 3.8) is 0 Å². The smallest absolute Gasteiger partial charge is 0.243 e. The SMILES string of the molecule is CC(C)COCCCNS(=O)(=O)c1cc(N)cc(F)c1F. The first-order valence-corrected chi connectivity index (χ1v) is 8.04. The first-order chi connectivity index (χ1) is 9.74. The van der Waals surface area contributed by atoms with E-state index in [0.29, 0.717) is 25.6 Å². The maximum absolute atomic E-state index is 13.5. The van der Waals surface area contributed by atoms with Crippen LogP contribution in [0.1, 0.15) is 20.3 Å². The Morgan fingerprint density at radius 3 is 2.62 bits per heavy atom. The molecule has 0 heterocycles. The number of halogens is 2. The van der Waals surface area contributed by atoms with Crippen LogP contribution >= 0.6 is 0 Å². The van der Waals surface area contributed by atoms with Crippen molar-refractivity contribution in [2.45, 2.75) is 25.2 Å². The monoisotopic (exact) mass is 322 g/mol. The number of nitrogens with one attached hydrogen (secondary N) is 1. The molecule has 8 heteroatoms. The molecule has 0 atom stereocenters. The van der Waals surface area contributed by atoms with E-state index in [4.69, 9.17) is 10.5 Å². The Labute approximate surface area is 123 Å². The number of ether oxygens (including phenoxy) is 1. The molecule has 0 amide bonds. The van der Waals surface area contributed by atoms with E-state index in [1.807, 2.05) is 13.8 Å². The highest BCUT2D eigenvalue weighted by Gasteiger charge is 2.22. The topological polar surface area (TPSA) is 81.4 Å². The largest absolute Gasteiger partial charge is 0.399 e. The van der Waals surface area contributed by atoms with Gasteiger partial charge >= 0.3 is 0 Å². The molecule has 0 saturated heterocycles. The van der Waals surface area contributed by atoms with Gasteiger partial charge in [-0.3, -0.25) is 0 Å². The van der Waals surface area contributed by atoms with E-state index in [2.05, 4.69) is 4.72 Å². The van der Waals surface area contributed by atoms with Gasteiger partial charge in [0.2, 0.25) is 10.0 Å². The molecule has 0 aliphatic heterocycles. The highest BCUT2D eigenvalue weighted by Crippen LogP contribution is 2.20. The molecular formula is C13H20F2N2O3S. The lowest BCUT2D eigenvalue weighted by atomic mass is 10.2. The van der Waals surface area contributed by atoms with Crippen LogP contribution in [0.5, 0.6) is 0 Å². The second-order valence-corrected chi connectivity index (χ2v) is 6.77. The maximum atomic E-state index is 13.5. The molecule has 0 radical (unpaired) electrons. The van der Waals surface area contributed by atoms with Crippen LogP contribution in [-0.4, -0.2) is 28.2 Å². The van der Waals surface area contributed by atoms with Gasteiger partial charge in [-0.1, -0.05) is 13.8 Å². The van der Waals surface area contributed by atoms with Crippen LogP contribution in [0.2, 0.25) is 0 Å². The molecule has 0 aromatic heterocycles. The molecule has 0 aliphatic carbocycles. The Kier molecular flexibility index (Phi) is 6.50. The number of nitrogens with two attached hydrogens (primary N) is 1. The Morgan fingerprint density at radius 2 is 2.00 bits per heavy atom. The fraction of sp³-hybridized carbons (Fsp3) is 0.538. The van der Waals surface area contributed by atoms with Crippen LogP contribution in [0.15, 0.2) is 17.0 Å². The number of anilines is 1. The second-order valence-electron chi connectivity index (χ2n) is 5.03. The summed E-state index contributed by atoms with van der Waals surface area (Å²) in [4.78, 5) is -0.789. The van der Waals surface area contributed by atoms with E-state index in [1.165, 1.54) is 0 Å². The molecule has 120 valence electrons. The summed E-state index contributed by atoms with van der Waals surface area (Å²) in [6, 6.07) is 1.62. The van der Waals surface area contributed by atoms with Crippen LogP contribution in [0.4, 0.5) is 14.5 Å². The van der Waals surface area contributed by atoms with Gasteiger partial charge in [0.15, 0.2) is 11.6 Å². The molecule has 1 aromatic carbocycles. The van der Waals surface area contributed by atoms with E-state index in [1.54, 1.807) is 0 Å². The van der Waals surface area contributed by atoms with E-state index in [0.717, 1.165) is 12.1 Å². The lowest BCUT2D eigenvalue weighted by Crippen LogP contribution is -2.27. The van der Waals surface area contributed by atoms with Gasteiger partial charge in [0, 0.05) is 25.4 Å². The molecular weight excluding hydrogens is 302 g/mol. The standard InChI is InChI=1S/C13H20F2N2O3S/c1-9(2)8-20-5-3-4-17-21(18,19)12-7-10(16)6-11(14)13(12)15/h6-7,9,17H,3-5,8,16H2,1-2H3. The normalized spacial score (nSPS) is 12.0. The lowest BCUT2D eigenvalue weighted by molar-refractivity contribution is 0.108. The summed E-state index contributed by atoms with van der Waals surface area (Å²) in [5.74, 6) is -2.34. The summed E-state index contributed by atoms with van der Waals surface area (Å²) in [7, 11) is -4.14. The zero-order chi connectivity index (χ0) is 16.0. The lowest BCUT2D eigenvalue weighted by Gasteiger charge is -2.10. The van der Waals surface area contributed by atoms with Gasteiger partial charge < -0.3 is 10.5 Å². The summed E-state index contributed by atoms with van der Waals surface area (Å²) in [6.07, 6.45) is 0.429. The van der Waals surface area contributed by atoms with Gasteiger partial charge in [0.25, 0.3) is 0 Å². The molecule has 0 aliphatic rings. The third kappa shape index (κ3) is 5.56. The third-order valence-corrected chi connectivity index (χ3v) is 3.98. The van der Waals surface area contributed by atoms with Gasteiger partial charge in [0.05, 0.1) is 0 Å². The molecule has 21 heavy (non-hydrogen) atoms. The number of nitrogen functional groups attached to an aromatic ring is 1. The van der Waals surface area contributed by atoms with Gasteiger partial charge in [-0.2, -0.15) is 0 Å². The predicted octanol–water partition coefficient (Wildman–Crippen LogP) is 1.89. The van der Waals surface area contributed by atoms with E-state index >= 15 is 0 Å². The number of rotatable bonds is 8. The van der Waals surface area contributed by atoms with Crippen LogP contribution in [0, 0.1) is 17.6 Å². The van der Waals surface area contributed by atoms with Crippen LogP contribution in [-0.2, 0) is 14.8 Å². The maximum Gasteiger partial charge on any atom is 0.243 e. The summed E-state index contributed by atoms with van der Waals surface area (Å²) < 4.78 is 57.9. The van der Waals surface area contributed by atoms with Gasteiger partial charge in [-0.25, -0.2) is 21.9 Å². The van der Waals surface area contributed by atoms with Crippen LogP contribution in [0.3, 0.4) is 0 Å². The van der Waals surface area contributed by atoms with Crippen molar-refractivity contribution in [3.8, 4) is 0 Å². The van der Waals surface area contributed by atoms with E-state index in [-0.39, 0.29) is 12.2 Å². The average molecular weight is 322 g/mol. The third-order valence-electron chi connectivity index (χ3n) is 2.52. The fourth-order valence-corrected chi connectivity index (χ4v) is 2.75. The summed E-state index contributed by atoms with van der Waals surface area (Å²) >= 11 is 0. The zero-order valence-corrected chi connectivity index (χ0v) is 12.8. The second kappa shape index (κ2) is 7.67. The molecule has 3 N–H and O–H groups in total. The fourth-order valence-electron chi connectivity index (χ4n) is 1.56. The van der Waals surface area contributed by atoms with Crippen molar-refractivity contribution in [2.24, 2.45) is 5.92 Å². The molecule has 1 rings (SSSR count). The average Bonchev–Trinajstić information content (AvgIpc) is 2.37. The van der Waals surface area contributed by atoms with Gasteiger partial charge in [-0.15, -0.1) is 0 Å². The highest BCUT2D eigenvalue weighted by atomic mass is 32.2. The van der Waals surface area contributed by atoms with E-state index < -0.39 is 26.6 Å². The van der Waals surface area contributed by atoms with Crippen LogP contribution in [0.25, 0.3) is 0 Å². The van der Waals surface area contributed by atoms with Crippen molar-refractivity contribution in [3.05, 3.63) is 23.8 Å². The Bertz CT molecular complexity index is 577. The Morgan fingerprint density at radius 1 is 1.33 bits per heavy atom. The number of sulfonamides is 1. The molecule has 5 nitrogen and oxygen atoms in total. The quantitative estimate of drug-likeness (QED) is 0.566. The number of benzene rings is 1. The molecule has 0 spiro atoms. The predicted molar refractivity (Wildman–Crippen MR) is 76.2 cm³/mol. The summed E-state index contributed by atoms with van der Waals surface area (Å²) in [5, 5.41) is 0. The molecule has 0 fully saturated rings. The van der Waals surface area contributed by atoms with Crippen molar-refractivity contribution >= 4 is 15.7 Å². The minimum atomic E-state index is -4.14. The van der Waals surface area contributed by atoms with E-state index in [9.17, 15) is 17.2 Å². The molecule has 0 unspecified atom stereocenters. The molecule has 0 bridgehead atoms. The van der Waals surface area contributed by atoms with Gasteiger partial charge in [0.1, 0.15) is 4.90 Å². The first-order valence-electron chi connectivity index (χ1n) is 6.56. The highest BCUT2D eigenvalue weighted by molar-refractivity contribution is 7.89. The minimum absolute atomic E-state index is 0.0658. The Hall–Kier alpha value is -1.25. The number of hydrogen-bond acceptors (Lipinski definition) is 4. The van der Waals surface area contributed by atoms with Crippen molar-refractivity contribution < 1.29 is 21.9 Å². The minimum Gasteiger partial charge on any atom is -0.399 e. The van der Waals surface area contributed by atoms with Gasteiger partial charge in [-0.05, 0) is 24.5 Å². The van der Waals surface area contributed by atoms with Crippen molar-refractivity contribution in [1.29, 1.82) is 0 Å². The molecule has 1 aromatic rings. The number of hydrogen-bond donors (Lipinski definition) is 2.